The molecule has 0 saturated carbocycles. The molecule has 6 heteroatoms. The Hall–Kier alpha value is -3.44. The van der Waals surface area contributed by atoms with Gasteiger partial charge in [0, 0.05) is 17.0 Å². The third-order valence-electron chi connectivity index (χ3n) is 5.67. The van der Waals surface area contributed by atoms with Crippen LogP contribution in [-0.4, -0.2) is 14.9 Å². The summed E-state index contributed by atoms with van der Waals surface area (Å²) in [6.07, 6.45) is 0.439. The summed E-state index contributed by atoms with van der Waals surface area (Å²) in [5.41, 5.74) is 3.34. The van der Waals surface area contributed by atoms with E-state index in [1.165, 1.54) is 4.57 Å². The summed E-state index contributed by atoms with van der Waals surface area (Å²) in [5.74, 6) is 0.0707. The van der Waals surface area contributed by atoms with Crippen LogP contribution in [-0.2, 0) is 6.54 Å². The molecule has 0 aliphatic rings. The first-order valence-electron chi connectivity index (χ1n) is 10.5. The van der Waals surface area contributed by atoms with Gasteiger partial charge >= 0.3 is 5.69 Å². The Morgan fingerprint density at radius 2 is 1.56 bits per heavy atom. The quantitative estimate of drug-likeness (QED) is 0.402. The van der Waals surface area contributed by atoms with Gasteiger partial charge in [0.25, 0.3) is 5.56 Å². The predicted molar refractivity (Wildman–Crippen MR) is 128 cm³/mol. The van der Waals surface area contributed by atoms with Crippen molar-refractivity contribution in [1.29, 1.82) is 0 Å². The molecule has 0 aliphatic carbocycles. The van der Waals surface area contributed by atoms with Crippen molar-refractivity contribution in [3.63, 3.8) is 0 Å². The lowest BCUT2D eigenvalue weighted by Crippen LogP contribution is -2.39. The van der Waals surface area contributed by atoms with Crippen molar-refractivity contribution in [2.24, 2.45) is 0 Å². The van der Waals surface area contributed by atoms with Gasteiger partial charge in [-0.25, -0.2) is 9.36 Å². The smallest absolute Gasteiger partial charge is 0.294 e. The van der Waals surface area contributed by atoms with Crippen molar-refractivity contribution >= 4 is 28.3 Å². The summed E-state index contributed by atoms with van der Waals surface area (Å²) < 4.78 is 2.83. The first kappa shape index (κ1) is 21.8. The van der Waals surface area contributed by atoms with Crippen LogP contribution in [0.4, 0.5) is 0 Å². The van der Waals surface area contributed by atoms with E-state index in [0.717, 1.165) is 16.7 Å². The number of rotatable bonds is 5. The monoisotopic (exact) mass is 446 g/mol. The Balaban J connectivity index is 1.95. The van der Waals surface area contributed by atoms with Crippen LogP contribution >= 0.6 is 11.6 Å². The van der Waals surface area contributed by atoms with E-state index in [1.54, 1.807) is 47.0 Å². The highest BCUT2D eigenvalue weighted by atomic mass is 35.5. The standard InChI is InChI=1S/C26H23ClN2O3/c1-4-23(30)19-11-9-18(10-12-19)15-28-22-8-6-5-7-21(22)25(31)29(26(28)32)24-16(2)13-20(27)14-17(24)3/h5-14H,4,15H2,1-3H3. The number of carbonyl (C=O) groups is 1. The molecule has 4 rings (SSSR count). The third kappa shape index (κ3) is 3.80. The van der Waals surface area contributed by atoms with Crippen molar-refractivity contribution in [3.8, 4) is 5.69 Å². The lowest BCUT2D eigenvalue weighted by Gasteiger charge is -2.17. The van der Waals surface area contributed by atoms with Gasteiger partial charge in [0.15, 0.2) is 5.78 Å². The number of ketones is 1. The fourth-order valence-corrected chi connectivity index (χ4v) is 4.44. The number of para-hydroxylation sites is 1. The number of benzene rings is 3. The first-order chi connectivity index (χ1) is 15.3. The fraction of sp³-hybridized carbons (Fsp3) is 0.192. The molecule has 162 valence electrons. The molecule has 32 heavy (non-hydrogen) atoms. The molecule has 0 saturated heterocycles. The highest BCUT2D eigenvalue weighted by Gasteiger charge is 2.18. The number of aryl methyl sites for hydroxylation is 2. The van der Waals surface area contributed by atoms with Gasteiger partial charge < -0.3 is 0 Å². The van der Waals surface area contributed by atoms with E-state index in [-0.39, 0.29) is 17.9 Å². The van der Waals surface area contributed by atoms with Gasteiger partial charge in [-0.2, -0.15) is 0 Å². The molecule has 0 atom stereocenters. The molecule has 0 radical (unpaired) electrons. The van der Waals surface area contributed by atoms with Crippen molar-refractivity contribution in [2.75, 3.05) is 0 Å². The predicted octanol–water partition coefficient (Wildman–Crippen LogP) is 5.06. The molecule has 0 bridgehead atoms. The molecular weight excluding hydrogens is 424 g/mol. The number of hydrogen-bond donors (Lipinski definition) is 0. The van der Waals surface area contributed by atoms with Gasteiger partial charge in [0.1, 0.15) is 0 Å². The average Bonchev–Trinajstić information content (AvgIpc) is 2.78. The van der Waals surface area contributed by atoms with Crippen LogP contribution in [0.3, 0.4) is 0 Å². The van der Waals surface area contributed by atoms with Gasteiger partial charge in [0.05, 0.1) is 23.1 Å². The number of fused-ring (bicyclic) bond motifs is 1. The summed E-state index contributed by atoms with van der Waals surface area (Å²) in [7, 11) is 0. The largest absolute Gasteiger partial charge is 0.336 e. The van der Waals surface area contributed by atoms with Crippen molar-refractivity contribution in [2.45, 2.75) is 33.7 Å². The second kappa shape index (κ2) is 8.60. The zero-order valence-electron chi connectivity index (χ0n) is 18.2. The van der Waals surface area contributed by atoms with Crippen LogP contribution in [0.2, 0.25) is 5.02 Å². The molecule has 0 fully saturated rings. The van der Waals surface area contributed by atoms with E-state index in [0.29, 0.717) is 33.6 Å². The molecule has 0 unspecified atom stereocenters. The number of aromatic nitrogens is 2. The van der Waals surface area contributed by atoms with E-state index >= 15 is 0 Å². The van der Waals surface area contributed by atoms with E-state index in [2.05, 4.69) is 0 Å². The minimum Gasteiger partial charge on any atom is -0.294 e. The van der Waals surface area contributed by atoms with Gasteiger partial charge in [-0.15, -0.1) is 0 Å². The molecule has 0 amide bonds. The second-order valence-corrected chi connectivity index (χ2v) is 8.32. The zero-order valence-corrected chi connectivity index (χ0v) is 18.9. The lowest BCUT2D eigenvalue weighted by atomic mass is 10.1. The maximum absolute atomic E-state index is 13.7. The number of hydrogen-bond acceptors (Lipinski definition) is 3. The van der Waals surface area contributed by atoms with Gasteiger partial charge in [-0.1, -0.05) is 54.9 Å². The minimum absolute atomic E-state index is 0.0707. The van der Waals surface area contributed by atoms with Crippen molar-refractivity contribution in [1.82, 2.24) is 9.13 Å². The summed E-state index contributed by atoms with van der Waals surface area (Å²) >= 11 is 6.17. The first-order valence-corrected chi connectivity index (χ1v) is 10.8. The number of halogens is 1. The van der Waals surface area contributed by atoms with Crippen molar-refractivity contribution < 1.29 is 4.79 Å². The Kier molecular flexibility index (Phi) is 5.85. The maximum Gasteiger partial charge on any atom is 0.336 e. The highest BCUT2D eigenvalue weighted by molar-refractivity contribution is 6.30. The summed E-state index contributed by atoms with van der Waals surface area (Å²) in [6.45, 7) is 5.77. The van der Waals surface area contributed by atoms with Gasteiger partial charge in [-0.3, -0.25) is 14.2 Å². The molecule has 0 N–H and O–H groups in total. The van der Waals surface area contributed by atoms with E-state index in [1.807, 2.05) is 39.0 Å². The van der Waals surface area contributed by atoms with Crippen LogP contribution in [0.1, 0.15) is 40.4 Å². The SMILES string of the molecule is CCC(=O)c1ccc(Cn2c(=O)n(-c3c(C)cc(Cl)cc3C)c(=O)c3ccccc32)cc1. The average molecular weight is 447 g/mol. The summed E-state index contributed by atoms with van der Waals surface area (Å²) in [5, 5.41) is 1.01. The molecule has 0 spiro atoms. The fourth-order valence-electron chi connectivity index (χ4n) is 4.11. The Bertz CT molecular complexity index is 1440. The molecule has 1 heterocycles. The Labute approximate surface area is 190 Å². The summed E-state index contributed by atoms with van der Waals surface area (Å²) in [6, 6.07) is 17.8. The lowest BCUT2D eigenvalue weighted by molar-refractivity contribution is 0.0988. The summed E-state index contributed by atoms with van der Waals surface area (Å²) in [4.78, 5) is 39.0. The van der Waals surface area contributed by atoms with E-state index in [4.69, 9.17) is 11.6 Å². The van der Waals surface area contributed by atoms with E-state index in [9.17, 15) is 14.4 Å². The molecule has 5 nitrogen and oxygen atoms in total. The Morgan fingerprint density at radius 3 is 2.19 bits per heavy atom. The number of nitrogens with zero attached hydrogens (tertiary/aromatic N) is 2. The van der Waals surface area contributed by atoms with Crippen LogP contribution in [0, 0.1) is 13.8 Å². The van der Waals surface area contributed by atoms with Crippen molar-refractivity contribution in [3.05, 3.63) is 109 Å². The number of Topliss-reactive ketones (excluding diaryl/α,β-unsaturated/α-hetero) is 1. The molecule has 4 aromatic rings. The van der Waals surface area contributed by atoms with Crippen LogP contribution in [0.15, 0.2) is 70.3 Å². The second-order valence-electron chi connectivity index (χ2n) is 7.89. The minimum atomic E-state index is -0.420. The van der Waals surface area contributed by atoms with Crippen LogP contribution in [0.5, 0.6) is 0 Å². The topological polar surface area (TPSA) is 61.1 Å². The zero-order chi connectivity index (χ0) is 23.0. The normalized spacial score (nSPS) is 11.1. The van der Waals surface area contributed by atoms with Crippen LogP contribution < -0.4 is 11.2 Å². The molecular formula is C26H23ClN2O3. The van der Waals surface area contributed by atoms with Gasteiger partial charge in [0.2, 0.25) is 0 Å². The number of carbonyl (C=O) groups excluding carboxylic acids is 1. The molecule has 0 aliphatic heterocycles. The van der Waals surface area contributed by atoms with E-state index < -0.39 is 5.69 Å². The third-order valence-corrected chi connectivity index (χ3v) is 5.89. The molecule has 1 aromatic heterocycles. The highest BCUT2D eigenvalue weighted by Crippen LogP contribution is 2.23. The molecule has 3 aromatic carbocycles. The van der Waals surface area contributed by atoms with Gasteiger partial charge in [-0.05, 0) is 54.8 Å². The maximum atomic E-state index is 13.7. The Morgan fingerprint density at radius 1 is 0.938 bits per heavy atom. The van der Waals surface area contributed by atoms with Crippen LogP contribution in [0.25, 0.3) is 16.6 Å².